The maximum absolute atomic E-state index is 12.5. The molecule has 1 aliphatic rings. The number of carbonyl (C=O) groups is 1. The summed E-state index contributed by atoms with van der Waals surface area (Å²) in [5, 5.41) is 21.5. The van der Waals surface area contributed by atoms with Gasteiger partial charge in [0.05, 0.1) is 24.3 Å². The van der Waals surface area contributed by atoms with Crippen molar-refractivity contribution in [2.24, 2.45) is 4.99 Å². The monoisotopic (exact) mass is 425 g/mol. The molecule has 6 nitrogen and oxygen atoms in total. The second-order valence-corrected chi connectivity index (χ2v) is 7.75. The van der Waals surface area contributed by atoms with Gasteiger partial charge in [0.25, 0.3) is 0 Å². The van der Waals surface area contributed by atoms with Crippen LogP contribution in [0.25, 0.3) is 6.08 Å². The van der Waals surface area contributed by atoms with Crippen molar-refractivity contribution in [3.8, 4) is 11.5 Å². The Labute approximate surface area is 179 Å². The van der Waals surface area contributed by atoms with Crippen molar-refractivity contribution < 1.29 is 24.5 Å². The first kappa shape index (κ1) is 21.5. The van der Waals surface area contributed by atoms with E-state index in [-0.39, 0.29) is 23.7 Å². The predicted molar refractivity (Wildman–Crippen MR) is 120 cm³/mol. The van der Waals surface area contributed by atoms with Crippen LogP contribution in [0.15, 0.2) is 57.6 Å². The Morgan fingerprint density at radius 1 is 1.17 bits per heavy atom. The normalized spacial score (nSPS) is 16.4. The van der Waals surface area contributed by atoms with E-state index in [1.54, 1.807) is 31.2 Å². The fourth-order valence-electron chi connectivity index (χ4n) is 3.09. The highest BCUT2D eigenvalue weighted by molar-refractivity contribution is 8.18. The van der Waals surface area contributed by atoms with Crippen molar-refractivity contribution in [1.29, 1.82) is 0 Å². The number of aliphatic hydroxyl groups excluding tert-OH is 1. The van der Waals surface area contributed by atoms with Crippen LogP contribution in [-0.4, -0.2) is 34.9 Å². The lowest BCUT2D eigenvalue weighted by Gasteiger charge is -2.06. The molecule has 0 unspecified atom stereocenters. The van der Waals surface area contributed by atoms with Gasteiger partial charge in [-0.2, -0.15) is 0 Å². The summed E-state index contributed by atoms with van der Waals surface area (Å²) in [6.45, 7) is 5.81. The summed E-state index contributed by atoms with van der Waals surface area (Å²) in [5.41, 5.74) is 3.21. The average Bonchev–Trinajstić information content (AvgIpc) is 2.97. The number of esters is 1. The van der Waals surface area contributed by atoms with Crippen LogP contribution in [0.1, 0.15) is 23.6 Å². The number of phenols is 1. The lowest BCUT2D eigenvalue weighted by molar-refractivity contribution is -0.138. The third-order valence-corrected chi connectivity index (χ3v) is 5.36. The smallest absolute Gasteiger partial charge is 0.344 e. The van der Waals surface area contributed by atoms with E-state index >= 15 is 0 Å². The quantitative estimate of drug-likeness (QED) is 0.639. The third kappa shape index (κ3) is 4.52. The molecule has 0 bridgehead atoms. The Morgan fingerprint density at radius 2 is 1.87 bits per heavy atom. The molecule has 156 valence electrons. The molecule has 0 spiro atoms. The molecule has 1 aliphatic heterocycles. The first-order valence-electron chi connectivity index (χ1n) is 9.37. The lowest BCUT2D eigenvalue weighted by Crippen LogP contribution is -2.12. The minimum absolute atomic E-state index is 0.00893. The Bertz CT molecular complexity index is 1060. The molecule has 0 aromatic heterocycles. The van der Waals surface area contributed by atoms with Crippen LogP contribution in [0.2, 0.25) is 0 Å². The van der Waals surface area contributed by atoms with Gasteiger partial charge in [0.15, 0.2) is 11.5 Å². The van der Waals surface area contributed by atoms with Crippen LogP contribution < -0.4 is 4.74 Å². The van der Waals surface area contributed by atoms with E-state index in [1.807, 2.05) is 32.0 Å². The van der Waals surface area contributed by atoms with E-state index in [1.165, 1.54) is 7.11 Å². The van der Waals surface area contributed by atoms with Gasteiger partial charge < -0.3 is 19.7 Å². The van der Waals surface area contributed by atoms with E-state index in [0.717, 1.165) is 22.9 Å². The molecule has 0 fully saturated rings. The summed E-state index contributed by atoms with van der Waals surface area (Å²) in [6.07, 6.45) is 1.58. The standard InChI is InChI=1S/C23H23NO5S/c1-5-29-23(27)19-21(26)18(12-15-7-6-8-17(28-4)20(15)25)30-22(19)24-16-10-13(2)9-14(3)11-16/h6-12,25-26H,5H2,1-4H3/b18-12+,24-22?. The molecular weight excluding hydrogens is 402 g/mol. The number of benzene rings is 2. The first-order valence-corrected chi connectivity index (χ1v) is 10.2. The average molecular weight is 426 g/mol. The molecular formula is C23H23NO5S. The van der Waals surface area contributed by atoms with E-state index in [2.05, 4.69) is 4.99 Å². The largest absolute Gasteiger partial charge is 0.506 e. The van der Waals surface area contributed by atoms with Gasteiger partial charge in [0, 0.05) is 5.56 Å². The third-order valence-electron chi connectivity index (χ3n) is 4.34. The molecule has 3 rings (SSSR count). The summed E-state index contributed by atoms with van der Waals surface area (Å²) in [4.78, 5) is 17.5. The topological polar surface area (TPSA) is 88.4 Å². The van der Waals surface area contributed by atoms with Crippen molar-refractivity contribution in [2.45, 2.75) is 20.8 Å². The summed E-state index contributed by atoms with van der Waals surface area (Å²) in [6, 6.07) is 10.9. The van der Waals surface area contributed by atoms with E-state index < -0.39 is 5.97 Å². The molecule has 2 N–H and O–H groups in total. The van der Waals surface area contributed by atoms with Crippen molar-refractivity contribution in [3.05, 3.63) is 69.3 Å². The molecule has 0 atom stereocenters. The van der Waals surface area contributed by atoms with Gasteiger partial charge in [0.2, 0.25) is 0 Å². The maximum atomic E-state index is 12.5. The molecule has 1 heterocycles. The van der Waals surface area contributed by atoms with Crippen LogP contribution in [0.5, 0.6) is 11.5 Å². The van der Waals surface area contributed by atoms with Gasteiger partial charge >= 0.3 is 5.97 Å². The molecule has 2 aromatic rings. The highest BCUT2D eigenvalue weighted by Crippen LogP contribution is 2.42. The van der Waals surface area contributed by atoms with Crippen LogP contribution >= 0.6 is 11.8 Å². The lowest BCUT2D eigenvalue weighted by atomic mass is 10.1. The number of aliphatic imine (C=N–C) groups is 1. The van der Waals surface area contributed by atoms with Crippen molar-refractivity contribution >= 4 is 34.5 Å². The highest BCUT2D eigenvalue weighted by atomic mass is 32.2. The highest BCUT2D eigenvalue weighted by Gasteiger charge is 2.33. The molecule has 30 heavy (non-hydrogen) atoms. The molecule has 0 aliphatic carbocycles. The first-order chi connectivity index (χ1) is 14.3. The number of nitrogens with zero attached hydrogens (tertiary/aromatic N) is 1. The minimum atomic E-state index is -0.649. The van der Waals surface area contributed by atoms with Gasteiger partial charge in [-0.1, -0.05) is 30.0 Å². The maximum Gasteiger partial charge on any atom is 0.344 e. The molecule has 0 radical (unpaired) electrons. The summed E-state index contributed by atoms with van der Waals surface area (Å²) in [7, 11) is 1.46. The Balaban J connectivity index is 2.10. The minimum Gasteiger partial charge on any atom is -0.506 e. The van der Waals surface area contributed by atoms with Crippen molar-refractivity contribution in [3.63, 3.8) is 0 Å². The number of methoxy groups -OCH3 is 1. The zero-order valence-corrected chi connectivity index (χ0v) is 18.0. The number of carbonyl (C=O) groups excluding carboxylic acids is 1. The number of ether oxygens (including phenoxy) is 2. The Kier molecular flexibility index (Phi) is 6.52. The van der Waals surface area contributed by atoms with E-state index in [4.69, 9.17) is 9.47 Å². The number of phenolic OH excluding ortho intramolecular Hbond substituents is 1. The summed E-state index contributed by atoms with van der Waals surface area (Å²) in [5.74, 6) is -0.628. The van der Waals surface area contributed by atoms with Crippen molar-refractivity contribution in [1.82, 2.24) is 0 Å². The molecule has 0 amide bonds. The van der Waals surface area contributed by atoms with Crippen LogP contribution in [0.3, 0.4) is 0 Å². The van der Waals surface area contributed by atoms with Gasteiger partial charge in [-0.15, -0.1) is 0 Å². The number of hydrogen-bond donors (Lipinski definition) is 2. The number of aryl methyl sites for hydroxylation is 2. The second-order valence-electron chi connectivity index (χ2n) is 6.72. The van der Waals surface area contributed by atoms with Gasteiger partial charge in [-0.05, 0) is 56.2 Å². The Hall–Kier alpha value is -3.19. The zero-order chi connectivity index (χ0) is 21.8. The number of para-hydroxylation sites is 1. The number of aliphatic hydroxyl groups is 1. The fraction of sp³-hybridized carbons (Fsp3) is 0.217. The van der Waals surface area contributed by atoms with Crippen LogP contribution in [0, 0.1) is 13.8 Å². The molecule has 2 aromatic carbocycles. The zero-order valence-electron chi connectivity index (χ0n) is 17.2. The van der Waals surface area contributed by atoms with Crippen LogP contribution in [0.4, 0.5) is 5.69 Å². The number of aromatic hydroxyl groups is 1. The summed E-state index contributed by atoms with van der Waals surface area (Å²) < 4.78 is 10.3. The Morgan fingerprint density at radius 3 is 2.50 bits per heavy atom. The predicted octanol–water partition coefficient (Wildman–Crippen LogP) is 5.21. The van der Waals surface area contributed by atoms with E-state index in [9.17, 15) is 15.0 Å². The molecule has 0 saturated heterocycles. The number of thioether (sulfide) groups is 1. The second kappa shape index (κ2) is 9.09. The van der Waals surface area contributed by atoms with Crippen LogP contribution in [-0.2, 0) is 9.53 Å². The van der Waals surface area contributed by atoms with Gasteiger partial charge in [-0.3, -0.25) is 0 Å². The van der Waals surface area contributed by atoms with Gasteiger partial charge in [-0.25, -0.2) is 9.79 Å². The van der Waals surface area contributed by atoms with Crippen molar-refractivity contribution in [2.75, 3.05) is 13.7 Å². The fourth-order valence-corrected chi connectivity index (χ4v) is 4.11. The summed E-state index contributed by atoms with van der Waals surface area (Å²) >= 11 is 1.14. The SMILES string of the molecule is CCOC(=O)C1=C(O)/C(=C\c2cccc(OC)c2O)SC1=Nc1cc(C)cc(C)c1. The van der Waals surface area contributed by atoms with Gasteiger partial charge in [0.1, 0.15) is 16.4 Å². The molecule has 7 heteroatoms. The number of rotatable bonds is 5. The van der Waals surface area contributed by atoms with E-state index in [0.29, 0.717) is 26.9 Å². The molecule has 0 saturated carbocycles. The number of hydrogen-bond acceptors (Lipinski definition) is 7.